The zero-order chi connectivity index (χ0) is 13.1. The summed E-state index contributed by atoms with van der Waals surface area (Å²) in [4.78, 5) is 4.10. The number of hydrogen-bond acceptors (Lipinski definition) is 4. The van der Waals surface area contributed by atoms with E-state index in [0.717, 1.165) is 11.0 Å². The molecule has 0 saturated carbocycles. The van der Waals surface area contributed by atoms with E-state index in [1.807, 2.05) is 22.7 Å². The van der Waals surface area contributed by atoms with Crippen LogP contribution in [0.15, 0.2) is 50.9 Å². The zero-order valence-electron chi connectivity index (χ0n) is 10.0. The van der Waals surface area contributed by atoms with Crippen LogP contribution in [0.3, 0.4) is 0 Å². The molecule has 0 fully saturated rings. The second-order valence-electron chi connectivity index (χ2n) is 4.08. The lowest BCUT2D eigenvalue weighted by atomic mass is 10.2. The summed E-state index contributed by atoms with van der Waals surface area (Å²) in [6.07, 6.45) is 0. The highest BCUT2D eigenvalue weighted by Gasteiger charge is 2.15. The summed E-state index contributed by atoms with van der Waals surface area (Å²) in [6.45, 7) is 0.900. The molecule has 3 heterocycles. The van der Waals surface area contributed by atoms with Crippen LogP contribution in [-0.4, -0.2) is 0 Å². The topological polar surface area (TPSA) is 12.0 Å². The van der Waals surface area contributed by atoms with Gasteiger partial charge in [0.2, 0.25) is 0 Å². The summed E-state index contributed by atoms with van der Waals surface area (Å²) in [7, 11) is 0. The van der Waals surface area contributed by atoms with Crippen molar-refractivity contribution < 1.29 is 0 Å². The summed E-state index contributed by atoms with van der Waals surface area (Å²) in [5.74, 6) is 0. The van der Waals surface area contributed by atoms with E-state index in [2.05, 4.69) is 67.7 Å². The maximum atomic E-state index is 3.66. The lowest BCUT2D eigenvalue weighted by molar-refractivity contribution is 0.627. The molecule has 0 bridgehead atoms. The molecule has 3 aromatic heterocycles. The van der Waals surface area contributed by atoms with Gasteiger partial charge in [0.1, 0.15) is 0 Å². The first-order chi connectivity index (χ1) is 9.33. The van der Waals surface area contributed by atoms with Gasteiger partial charge in [-0.05, 0) is 44.9 Å². The van der Waals surface area contributed by atoms with Gasteiger partial charge < -0.3 is 0 Å². The van der Waals surface area contributed by atoms with Gasteiger partial charge in [0, 0.05) is 31.0 Å². The fourth-order valence-corrected chi connectivity index (χ4v) is 5.01. The predicted octanol–water partition coefficient (Wildman–Crippen LogP) is 5.51. The number of thiophene rings is 3. The number of hydrogen-bond donors (Lipinski definition) is 1. The van der Waals surface area contributed by atoms with Crippen LogP contribution < -0.4 is 5.32 Å². The summed E-state index contributed by atoms with van der Waals surface area (Å²) >= 11 is 8.90. The normalized spacial score (nSPS) is 11.3. The molecule has 0 aliphatic rings. The highest BCUT2D eigenvalue weighted by molar-refractivity contribution is 9.10. The molecule has 1 nitrogen and oxygen atoms in total. The molecule has 0 amide bonds. The molecule has 0 aliphatic carbocycles. The highest BCUT2D eigenvalue weighted by atomic mass is 79.9. The maximum absolute atomic E-state index is 3.66. The minimum atomic E-state index is 0.306. The third-order valence-electron chi connectivity index (χ3n) is 2.76. The molecular weight excluding hydrogens is 358 g/mol. The monoisotopic (exact) mass is 369 g/mol. The van der Waals surface area contributed by atoms with Gasteiger partial charge in [0.25, 0.3) is 0 Å². The Hall–Kier alpha value is -0.460. The molecule has 0 aromatic carbocycles. The van der Waals surface area contributed by atoms with Crippen molar-refractivity contribution in [3.63, 3.8) is 0 Å². The van der Waals surface area contributed by atoms with E-state index in [4.69, 9.17) is 0 Å². The van der Waals surface area contributed by atoms with Crippen LogP contribution in [0.1, 0.15) is 20.7 Å². The van der Waals surface area contributed by atoms with E-state index in [0.29, 0.717) is 6.04 Å². The van der Waals surface area contributed by atoms with Crippen LogP contribution in [0.5, 0.6) is 0 Å². The van der Waals surface area contributed by atoms with Gasteiger partial charge >= 0.3 is 0 Å². The Labute approximate surface area is 133 Å². The van der Waals surface area contributed by atoms with Crippen LogP contribution >= 0.6 is 49.9 Å². The van der Waals surface area contributed by atoms with Crippen molar-refractivity contribution in [2.45, 2.75) is 12.6 Å². The van der Waals surface area contributed by atoms with Gasteiger partial charge in [-0.3, -0.25) is 5.32 Å². The van der Waals surface area contributed by atoms with Crippen LogP contribution in [0.25, 0.3) is 0 Å². The Morgan fingerprint density at radius 1 is 1.05 bits per heavy atom. The minimum Gasteiger partial charge on any atom is -0.300 e. The molecule has 0 atom stereocenters. The summed E-state index contributed by atoms with van der Waals surface area (Å²) < 4.78 is 1.16. The van der Waals surface area contributed by atoms with Crippen LogP contribution in [0.2, 0.25) is 0 Å². The molecule has 3 rings (SSSR count). The molecular formula is C14H12BrNS3. The fraction of sp³-hybridized carbons (Fsp3) is 0.143. The van der Waals surface area contributed by atoms with Crippen molar-refractivity contribution in [3.05, 3.63) is 65.6 Å². The first-order valence-corrected chi connectivity index (χ1v) is 9.29. The van der Waals surface area contributed by atoms with E-state index >= 15 is 0 Å². The molecule has 0 radical (unpaired) electrons. The molecule has 0 aliphatic heterocycles. The van der Waals surface area contributed by atoms with Crippen molar-refractivity contribution in [2.24, 2.45) is 0 Å². The van der Waals surface area contributed by atoms with Gasteiger partial charge in [-0.2, -0.15) is 0 Å². The molecule has 5 heteroatoms. The summed E-state index contributed by atoms with van der Waals surface area (Å²) in [5, 5.41) is 10.1. The summed E-state index contributed by atoms with van der Waals surface area (Å²) in [5.41, 5.74) is 0. The van der Waals surface area contributed by atoms with E-state index in [-0.39, 0.29) is 0 Å². The Morgan fingerprint density at radius 3 is 2.21 bits per heavy atom. The molecule has 0 unspecified atom stereocenters. The first-order valence-electron chi connectivity index (χ1n) is 5.86. The largest absolute Gasteiger partial charge is 0.300 e. The first kappa shape index (κ1) is 13.5. The van der Waals surface area contributed by atoms with Crippen molar-refractivity contribution in [3.8, 4) is 0 Å². The number of nitrogens with one attached hydrogen (secondary N) is 1. The average molecular weight is 370 g/mol. The molecule has 1 N–H and O–H groups in total. The average Bonchev–Trinajstić information content (AvgIpc) is 3.11. The Kier molecular flexibility index (Phi) is 4.50. The molecule has 98 valence electrons. The second kappa shape index (κ2) is 6.33. The minimum absolute atomic E-state index is 0.306. The van der Waals surface area contributed by atoms with Gasteiger partial charge in [-0.1, -0.05) is 12.1 Å². The Morgan fingerprint density at radius 2 is 1.74 bits per heavy atom. The number of rotatable bonds is 5. The fourth-order valence-electron chi connectivity index (χ4n) is 1.90. The quantitative estimate of drug-likeness (QED) is 0.624. The zero-order valence-corrected chi connectivity index (χ0v) is 14.0. The van der Waals surface area contributed by atoms with Crippen molar-refractivity contribution >= 4 is 49.9 Å². The van der Waals surface area contributed by atoms with Gasteiger partial charge in [0.15, 0.2) is 0 Å². The van der Waals surface area contributed by atoms with Gasteiger partial charge in [-0.25, -0.2) is 0 Å². The van der Waals surface area contributed by atoms with E-state index in [1.165, 1.54) is 14.6 Å². The van der Waals surface area contributed by atoms with E-state index in [1.54, 1.807) is 11.3 Å². The smallest absolute Gasteiger partial charge is 0.0767 e. The van der Waals surface area contributed by atoms with Crippen molar-refractivity contribution in [2.75, 3.05) is 0 Å². The Balaban J connectivity index is 1.77. The SMILES string of the molecule is Brc1csc(CNC(c2cccs2)c2cccs2)c1. The molecule has 0 saturated heterocycles. The molecule has 19 heavy (non-hydrogen) atoms. The Bertz CT molecular complexity index is 579. The molecule has 3 aromatic rings. The van der Waals surface area contributed by atoms with Crippen molar-refractivity contribution in [1.29, 1.82) is 0 Å². The lowest BCUT2D eigenvalue weighted by Crippen LogP contribution is -2.19. The van der Waals surface area contributed by atoms with Gasteiger partial charge in [-0.15, -0.1) is 34.0 Å². The van der Waals surface area contributed by atoms with Crippen LogP contribution in [0, 0.1) is 0 Å². The van der Waals surface area contributed by atoms with Gasteiger partial charge in [0.05, 0.1) is 6.04 Å². The predicted molar refractivity (Wildman–Crippen MR) is 89.3 cm³/mol. The van der Waals surface area contributed by atoms with Crippen LogP contribution in [0.4, 0.5) is 0 Å². The third-order valence-corrected chi connectivity index (χ3v) is 6.33. The van der Waals surface area contributed by atoms with Crippen LogP contribution in [-0.2, 0) is 6.54 Å². The molecule has 0 spiro atoms. The van der Waals surface area contributed by atoms with E-state index in [9.17, 15) is 0 Å². The van der Waals surface area contributed by atoms with E-state index < -0.39 is 0 Å². The third kappa shape index (κ3) is 3.35. The highest BCUT2D eigenvalue weighted by Crippen LogP contribution is 2.30. The summed E-state index contributed by atoms with van der Waals surface area (Å²) in [6, 6.07) is 11.1. The second-order valence-corrected chi connectivity index (χ2v) is 7.95. The lowest BCUT2D eigenvalue weighted by Gasteiger charge is -2.15. The standard InChI is InChI=1S/C14H12BrNS3/c15-10-7-11(19-9-10)8-16-14(12-3-1-5-17-12)13-4-2-6-18-13/h1-7,9,14,16H,8H2. The maximum Gasteiger partial charge on any atom is 0.0767 e. The van der Waals surface area contributed by atoms with Crippen molar-refractivity contribution in [1.82, 2.24) is 5.32 Å². The number of halogens is 1.